The number of Topliss-reactive ketones (excluding diaryl/α,β-unsaturated/α-hetero) is 1. The van der Waals surface area contributed by atoms with E-state index in [2.05, 4.69) is 15.9 Å². The van der Waals surface area contributed by atoms with Gasteiger partial charge in [-0.15, -0.1) is 0 Å². The monoisotopic (exact) mass is 537 g/mol. The Balaban J connectivity index is 1.94. The number of anilines is 1. The normalized spacial score (nSPS) is 17.8. The molecule has 35 heavy (non-hydrogen) atoms. The lowest BCUT2D eigenvalue weighted by molar-refractivity contribution is -0.132. The van der Waals surface area contributed by atoms with Crippen LogP contribution in [0.5, 0.6) is 5.75 Å². The van der Waals surface area contributed by atoms with Crippen LogP contribution >= 0.6 is 15.9 Å². The SMILES string of the molecule is CCOc1ccc(/C(O)=C2/C(=O)C(=O)N(c3cccc(Br)c3)C2c2ccc(C)o2)cc1C(C)(C)C. The quantitative estimate of drug-likeness (QED) is 0.223. The first-order chi connectivity index (χ1) is 16.5. The molecule has 1 saturated heterocycles. The average molecular weight is 538 g/mol. The fourth-order valence-corrected chi connectivity index (χ4v) is 4.68. The van der Waals surface area contributed by atoms with Gasteiger partial charge in [-0.25, -0.2) is 0 Å². The highest BCUT2D eigenvalue weighted by molar-refractivity contribution is 9.10. The summed E-state index contributed by atoms with van der Waals surface area (Å²) in [5.74, 6) is -0.0164. The van der Waals surface area contributed by atoms with Gasteiger partial charge in [0.05, 0.1) is 12.2 Å². The van der Waals surface area contributed by atoms with Crippen LogP contribution in [-0.2, 0) is 15.0 Å². The van der Waals surface area contributed by atoms with Crippen molar-refractivity contribution in [1.82, 2.24) is 0 Å². The van der Waals surface area contributed by atoms with E-state index in [1.807, 2.05) is 39.8 Å². The molecule has 0 bridgehead atoms. The van der Waals surface area contributed by atoms with Crippen molar-refractivity contribution in [3.8, 4) is 5.75 Å². The highest BCUT2D eigenvalue weighted by atomic mass is 79.9. The molecule has 7 heteroatoms. The zero-order chi connectivity index (χ0) is 25.5. The number of aryl methyl sites for hydroxylation is 1. The average Bonchev–Trinajstić information content (AvgIpc) is 3.34. The van der Waals surface area contributed by atoms with Crippen LogP contribution in [0.3, 0.4) is 0 Å². The third kappa shape index (κ3) is 4.65. The molecule has 0 radical (unpaired) electrons. The molecule has 1 aliphatic heterocycles. The van der Waals surface area contributed by atoms with Crippen molar-refractivity contribution in [2.75, 3.05) is 11.5 Å². The van der Waals surface area contributed by atoms with Gasteiger partial charge in [-0.05, 0) is 67.8 Å². The van der Waals surface area contributed by atoms with Crippen LogP contribution in [0.2, 0.25) is 0 Å². The number of nitrogens with zero attached hydrogens (tertiary/aromatic N) is 1. The Bertz CT molecular complexity index is 1330. The Hall–Kier alpha value is -3.32. The lowest BCUT2D eigenvalue weighted by atomic mass is 9.84. The summed E-state index contributed by atoms with van der Waals surface area (Å²) in [7, 11) is 0. The summed E-state index contributed by atoms with van der Waals surface area (Å²) in [6, 6.07) is 15.0. The number of rotatable bonds is 5. The second-order valence-electron chi connectivity index (χ2n) is 9.49. The predicted octanol–water partition coefficient (Wildman–Crippen LogP) is 6.67. The minimum Gasteiger partial charge on any atom is -0.507 e. The number of hydrogen-bond acceptors (Lipinski definition) is 5. The van der Waals surface area contributed by atoms with Gasteiger partial charge in [0.25, 0.3) is 11.7 Å². The van der Waals surface area contributed by atoms with E-state index < -0.39 is 17.7 Å². The topological polar surface area (TPSA) is 80.0 Å². The van der Waals surface area contributed by atoms with Crippen molar-refractivity contribution in [1.29, 1.82) is 0 Å². The van der Waals surface area contributed by atoms with Crippen molar-refractivity contribution in [3.05, 3.63) is 87.3 Å². The minimum absolute atomic E-state index is 0.0201. The van der Waals surface area contributed by atoms with E-state index in [0.717, 1.165) is 10.0 Å². The van der Waals surface area contributed by atoms with Gasteiger partial charge in [0.2, 0.25) is 0 Å². The van der Waals surface area contributed by atoms with E-state index in [1.165, 1.54) is 4.90 Å². The van der Waals surface area contributed by atoms with Crippen LogP contribution in [0.4, 0.5) is 5.69 Å². The molecule has 1 aliphatic rings. The van der Waals surface area contributed by atoms with Crippen LogP contribution in [0.1, 0.15) is 56.4 Å². The number of furan rings is 1. The number of amides is 1. The standard InChI is InChI=1S/C28H28BrNO5/c1-6-34-21-13-11-17(14-20(21)28(3,4)5)25(31)23-24(22-12-10-16(2)35-22)30(27(33)26(23)32)19-9-7-8-18(29)15-19/h7-15,24,31H,6H2,1-5H3/b25-23-. The van der Waals surface area contributed by atoms with Crippen molar-refractivity contribution in [3.63, 3.8) is 0 Å². The second-order valence-corrected chi connectivity index (χ2v) is 10.4. The van der Waals surface area contributed by atoms with E-state index >= 15 is 0 Å². The van der Waals surface area contributed by atoms with Gasteiger partial charge in [-0.2, -0.15) is 0 Å². The molecular formula is C28H28BrNO5. The van der Waals surface area contributed by atoms with E-state index in [-0.39, 0.29) is 16.7 Å². The van der Waals surface area contributed by atoms with Gasteiger partial charge in [-0.1, -0.05) is 42.8 Å². The maximum Gasteiger partial charge on any atom is 0.300 e. The third-order valence-corrected chi connectivity index (χ3v) is 6.42. The molecule has 182 valence electrons. The van der Waals surface area contributed by atoms with Crippen LogP contribution in [0, 0.1) is 6.92 Å². The summed E-state index contributed by atoms with van der Waals surface area (Å²) in [6.45, 7) is 10.3. The molecule has 0 aliphatic carbocycles. The lowest BCUT2D eigenvalue weighted by Gasteiger charge is -2.25. The maximum absolute atomic E-state index is 13.3. The molecule has 2 aromatic carbocycles. The first-order valence-electron chi connectivity index (χ1n) is 11.4. The van der Waals surface area contributed by atoms with Gasteiger partial charge in [-0.3, -0.25) is 14.5 Å². The molecule has 2 heterocycles. The van der Waals surface area contributed by atoms with Gasteiger partial charge >= 0.3 is 0 Å². The first-order valence-corrected chi connectivity index (χ1v) is 12.2. The van der Waals surface area contributed by atoms with Crippen molar-refractivity contribution in [2.45, 2.75) is 46.1 Å². The number of hydrogen-bond donors (Lipinski definition) is 1. The summed E-state index contributed by atoms with van der Waals surface area (Å²) in [6.07, 6.45) is 0. The van der Waals surface area contributed by atoms with Gasteiger partial charge in [0, 0.05) is 21.3 Å². The molecule has 3 aromatic rings. The third-order valence-electron chi connectivity index (χ3n) is 5.92. The Morgan fingerprint density at radius 3 is 2.46 bits per heavy atom. The molecule has 1 atom stereocenters. The molecule has 1 amide bonds. The Labute approximate surface area is 213 Å². The minimum atomic E-state index is -0.914. The molecule has 1 fully saturated rings. The van der Waals surface area contributed by atoms with Gasteiger partial charge < -0.3 is 14.3 Å². The van der Waals surface area contributed by atoms with Crippen molar-refractivity contribution < 1.29 is 23.8 Å². The number of aliphatic hydroxyl groups excluding tert-OH is 1. The van der Waals surface area contributed by atoms with Crippen molar-refractivity contribution in [2.24, 2.45) is 0 Å². The Morgan fingerprint density at radius 1 is 1.11 bits per heavy atom. The Kier molecular flexibility index (Phi) is 6.64. The number of ketones is 1. The highest BCUT2D eigenvalue weighted by Gasteiger charge is 2.48. The highest BCUT2D eigenvalue weighted by Crippen LogP contribution is 2.44. The molecule has 1 unspecified atom stereocenters. The first kappa shape index (κ1) is 24.8. The van der Waals surface area contributed by atoms with Crippen LogP contribution < -0.4 is 9.64 Å². The Morgan fingerprint density at radius 2 is 1.86 bits per heavy atom. The summed E-state index contributed by atoms with van der Waals surface area (Å²) in [5, 5.41) is 11.5. The van der Waals surface area contributed by atoms with E-state index in [0.29, 0.717) is 35.1 Å². The van der Waals surface area contributed by atoms with E-state index in [4.69, 9.17) is 9.15 Å². The summed E-state index contributed by atoms with van der Waals surface area (Å²) >= 11 is 3.43. The zero-order valence-electron chi connectivity index (χ0n) is 20.4. The molecular weight excluding hydrogens is 510 g/mol. The maximum atomic E-state index is 13.3. The summed E-state index contributed by atoms with van der Waals surface area (Å²) in [5.41, 5.74) is 1.53. The van der Waals surface area contributed by atoms with E-state index in [1.54, 1.807) is 49.4 Å². The number of carbonyl (C=O) groups excluding carboxylic acids is 2. The molecule has 4 rings (SSSR count). The lowest BCUT2D eigenvalue weighted by Crippen LogP contribution is -2.29. The van der Waals surface area contributed by atoms with Crippen LogP contribution in [-0.4, -0.2) is 23.4 Å². The van der Waals surface area contributed by atoms with E-state index in [9.17, 15) is 14.7 Å². The predicted molar refractivity (Wildman–Crippen MR) is 139 cm³/mol. The molecule has 6 nitrogen and oxygen atoms in total. The second kappa shape index (κ2) is 9.38. The molecule has 0 saturated carbocycles. The van der Waals surface area contributed by atoms with Gasteiger partial charge in [0.15, 0.2) is 0 Å². The number of benzene rings is 2. The number of ether oxygens (including phenoxy) is 1. The fraction of sp³-hybridized carbons (Fsp3) is 0.286. The van der Waals surface area contributed by atoms with Crippen molar-refractivity contribution >= 4 is 39.1 Å². The fourth-order valence-electron chi connectivity index (χ4n) is 4.29. The summed E-state index contributed by atoms with van der Waals surface area (Å²) < 4.78 is 12.4. The molecule has 1 aromatic heterocycles. The van der Waals surface area contributed by atoms with Gasteiger partial charge in [0.1, 0.15) is 29.1 Å². The number of aliphatic hydroxyl groups is 1. The zero-order valence-corrected chi connectivity index (χ0v) is 22.0. The number of halogens is 1. The largest absolute Gasteiger partial charge is 0.507 e. The molecule has 0 spiro atoms. The van der Waals surface area contributed by atoms with Crippen LogP contribution in [0.15, 0.2) is 69.1 Å². The summed E-state index contributed by atoms with van der Waals surface area (Å²) in [4.78, 5) is 28.0. The number of carbonyl (C=O) groups is 2. The van der Waals surface area contributed by atoms with Crippen LogP contribution in [0.25, 0.3) is 5.76 Å². The molecule has 1 N–H and O–H groups in total. The smallest absolute Gasteiger partial charge is 0.300 e.